The highest BCUT2D eigenvalue weighted by molar-refractivity contribution is 6.15. The molecule has 1 aliphatic heterocycles. The van der Waals surface area contributed by atoms with Gasteiger partial charge in [0, 0.05) is 23.9 Å². The molecule has 4 rings (SSSR count). The number of rotatable bonds is 7. The van der Waals surface area contributed by atoms with Crippen LogP contribution >= 0.6 is 0 Å². The van der Waals surface area contributed by atoms with Gasteiger partial charge in [-0.3, -0.25) is 19.4 Å². The lowest BCUT2D eigenvalue weighted by atomic mass is 10.1. The van der Waals surface area contributed by atoms with Crippen molar-refractivity contribution in [2.24, 2.45) is 0 Å². The lowest BCUT2D eigenvalue weighted by Crippen LogP contribution is -2.52. The van der Waals surface area contributed by atoms with Crippen LogP contribution in [0.3, 0.4) is 0 Å². The molecule has 2 N–H and O–H groups in total. The van der Waals surface area contributed by atoms with Crippen LogP contribution in [0, 0.1) is 6.92 Å². The fourth-order valence-corrected chi connectivity index (χ4v) is 3.93. The van der Waals surface area contributed by atoms with Crippen LogP contribution in [0.1, 0.15) is 11.1 Å². The van der Waals surface area contributed by atoms with Crippen molar-refractivity contribution in [1.82, 2.24) is 5.32 Å². The maximum atomic E-state index is 13.0. The van der Waals surface area contributed by atoms with Gasteiger partial charge in [0.15, 0.2) is 0 Å². The topological polar surface area (TPSA) is 100 Å². The van der Waals surface area contributed by atoms with Gasteiger partial charge < -0.3 is 20.1 Å². The van der Waals surface area contributed by atoms with Crippen LogP contribution in [0.25, 0.3) is 0 Å². The third-order valence-corrected chi connectivity index (χ3v) is 5.88. The van der Waals surface area contributed by atoms with Crippen LogP contribution < -0.4 is 29.9 Å². The second-order valence-electron chi connectivity index (χ2n) is 8.31. The van der Waals surface area contributed by atoms with Crippen LogP contribution in [0.15, 0.2) is 66.7 Å². The molecule has 1 aliphatic rings. The number of ether oxygens (including phenoxy) is 2. The molecule has 3 aromatic carbocycles. The molecule has 9 nitrogen and oxygen atoms in total. The van der Waals surface area contributed by atoms with E-state index >= 15 is 0 Å². The summed E-state index contributed by atoms with van der Waals surface area (Å²) in [5.41, 5.74) is 3.52. The van der Waals surface area contributed by atoms with Gasteiger partial charge in [0.1, 0.15) is 24.6 Å². The Balaban J connectivity index is 1.46. The molecule has 0 spiro atoms. The number of benzene rings is 3. The van der Waals surface area contributed by atoms with Gasteiger partial charge >= 0.3 is 6.03 Å². The number of anilines is 3. The molecular formula is C27H28N4O5. The van der Waals surface area contributed by atoms with Crippen molar-refractivity contribution >= 4 is 34.9 Å². The highest BCUT2D eigenvalue weighted by Crippen LogP contribution is 2.33. The first-order chi connectivity index (χ1) is 17.4. The Kier molecular flexibility index (Phi) is 7.39. The predicted molar refractivity (Wildman–Crippen MR) is 138 cm³/mol. The maximum Gasteiger partial charge on any atom is 0.326 e. The number of amides is 4. The van der Waals surface area contributed by atoms with Gasteiger partial charge in [-0.05, 0) is 43.3 Å². The van der Waals surface area contributed by atoms with E-state index in [0.717, 1.165) is 11.1 Å². The molecule has 0 saturated heterocycles. The molecule has 1 heterocycles. The lowest BCUT2D eigenvalue weighted by Gasteiger charge is -2.35. The molecule has 36 heavy (non-hydrogen) atoms. The molecule has 0 bridgehead atoms. The standard InChI is InChI=1S/C27H28N4O5/c1-18-8-11-20(12-9-18)29-27(34)31-17-26(33)30(22-6-4-5-7-23(22)31)16-25(32)28-15-19-10-13-21(35-2)14-24(19)36-3/h4-14H,15-17H2,1-3H3,(H,28,32)(H,29,34). The molecule has 0 unspecified atom stereocenters. The Morgan fingerprint density at radius 3 is 2.36 bits per heavy atom. The first kappa shape index (κ1) is 24.6. The molecule has 0 aliphatic carbocycles. The first-order valence-electron chi connectivity index (χ1n) is 11.4. The third-order valence-electron chi connectivity index (χ3n) is 5.88. The second-order valence-corrected chi connectivity index (χ2v) is 8.31. The van der Waals surface area contributed by atoms with E-state index in [1.165, 1.54) is 9.80 Å². The van der Waals surface area contributed by atoms with Crippen LogP contribution in [0.4, 0.5) is 21.9 Å². The van der Waals surface area contributed by atoms with E-state index in [1.54, 1.807) is 62.8 Å². The third kappa shape index (κ3) is 5.41. The van der Waals surface area contributed by atoms with Gasteiger partial charge in [-0.15, -0.1) is 0 Å². The van der Waals surface area contributed by atoms with Gasteiger partial charge in [0.25, 0.3) is 0 Å². The zero-order valence-electron chi connectivity index (χ0n) is 20.4. The zero-order chi connectivity index (χ0) is 25.7. The summed E-state index contributed by atoms with van der Waals surface area (Å²) >= 11 is 0. The van der Waals surface area contributed by atoms with Crippen molar-refractivity contribution in [3.63, 3.8) is 0 Å². The number of para-hydroxylation sites is 2. The van der Waals surface area contributed by atoms with Crippen molar-refractivity contribution < 1.29 is 23.9 Å². The number of nitrogens with one attached hydrogen (secondary N) is 2. The molecule has 0 fully saturated rings. The van der Waals surface area contributed by atoms with E-state index < -0.39 is 6.03 Å². The highest BCUT2D eigenvalue weighted by Gasteiger charge is 2.33. The van der Waals surface area contributed by atoms with Gasteiger partial charge in [0.2, 0.25) is 11.8 Å². The molecule has 0 atom stereocenters. The maximum absolute atomic E-state index is 13.0. The fraction of sp³-hybridized carbons (Fsp3) is 0.222. The number of hydrogen-bond acceptors (Lipinski definition) is 5. The Hall–Kier alpha value is -4.53. The van der Waals surface area contributed by atoms with Crippen molar-refractivity contribution in [1.29, 1.82) is 0 Å². The largest absolute Gasteiger partial charge is 0.497 e. The molecule has 3 aromatic rings. The summed E-state index contributed by atoms with van der Waals surface area (Å²) < 4.78 is 10.6. The zero-order valence-corrected chi connectivity index (χ0v) is 20.4. The number of fused-ring (bicyclic) bond motifs is 1. The molecule has 9 heteroatoms. The number of hydrogen-bond donors (Lipinski definition) is 2. The SMILES string of the molecule is COc1ccc(CNC(=O)CN2C(=O)CN(C(=O)Nc3ccc(C)cc3)c3ccccc32)c(OC)c1. The summed E-state index contributed by atoms with van der Waals surface area (Å²) in [7, 11) is 3.11. The van der Waals surface area contributed by atoms with E-state index in [1.807, 2.05) is 25.1 Å². The Morgan fingerprint density at radius 2 is 1.67 bits per heavy atom. The predicted octanol–water partition coefficient (Wildman–Crippen LogP) is 3.71. The molecule has 0 saturated carbocycles. The van der Waals surface area contributed by atoms with Gasteiger partial charge in [-0.1, -0.05) is 29.8 Å². The van der Waals surface area contributed by atoms with Gasteiger partial charge in [-0.25, -0.2) is 4.79 Å². The smallest absolute Gasteiger partial charge is 0.326 e. The summed E-state index contributed by atoms with van der Waals surface area (Å²) in [6.45, 7) is 1.82. The Bertz CT molecular complexity index is 1280. The lowest BCUT2D eigenvalue weighted by molar-refractivity contribution is -0.123. The number of nitrogens with zero attached hydrogens (tertiary/aromatic N) is 2. The van der Waals surface area contributed by atoms with Crippen molar-refractivity contribution in [2.45, 2.75) is 13.5 Å². The fourth-order valence-electron chi connectivity index (χ4n) is 3.93. The Labute approximate surface area is 209 Å². The number of carbonyl (C=O) groups is 3. The monoisotopic (exact) mass is 488 g/mol. The first-order valence-corrected chi connectivity index (χ1v) is 11.4. The van der Waals surface area contributed by atoms with E-state index in [4.69, 9.17) is 9.47 Å². The molecule has 0 radical (unpaired) electrons. The summed E-state index contributed by atoms with van der Waals surface area (Å²) in [6.07, 6.45) is 0. The second kappa shape index (κ2) is 10.8. The quantitative estimate of drug-likeness (QED) is 0.528. The van der Waals surface area contributed by atoms with Gasteiger partial charge in [0.05, 0.1) is 25.6 Å². The number of urea groups is 1. The molecular weight excluding hydrogens is 460 g/mol. The summed E-state index contributed by atoms with van der Waals surface area (Å²) in [5, 5.41) is 5.66. The minimum Gasteiger partial charge on any atom is -0.497 e. The number of aryl methyl sites for hydroxylation is 1. The van der Waals surface area contributed by atoms with Crippen LogP contribution in [-0.4, -0.2) is 45.2 Å². The average molecular weight is 489 g/mol. The van der Waals surface area contributed by atoms with Crippen molar-refractivity contribution in [2.75, 3.05) is 42.4 Å². The van der Waals surface area contributed by atoms with E-state index in [-0.39, 0.29) is 31.4 Å². The minimum atomic E-state index is -0.421. The van der Waals surface area contributed by atoms with Crippen LogP contribution in [0.2, 0.25) is 0 Å². The van der Waals surface area contributed by atoms with E-state index in [0.29, 0.717) is 28.6 Å². The molecule has 4 amide bonds. The summed E-state index contributed by atoms with van der Waals surface area (Å²) in [4.78, 5) is 41.6. The minimum absolute atomic E-state index is 0.179. The van der Waals surface area contributed by atoms with Crippen LogP contribution in [0.5, 0.6) is 11.5 Å². The van der Waals surface area contributed by atoms with Crippen molar-refractivity contribution in [3.8, 4) is 11.5 Å². The molecule has 186 valence electrons. The number of methoxy groups -OCH3 is 2. The number of carbonyl (C=O) groups excluding carboxylic acids is 3. The summed E-state index contributed by atoms with van der Waals surface area (Å²) in [5.74, 6) is 0.538. The van der Waals surface area contributed by atoms with Crippen LogP contribution in [-0.2, 0) is 16.1 Å². The van der Waals surface area contributed by atoms with E-state index in [2.05, 4.69) is 10.6 Å². The Morgan fingerprint density at radius 1 is 0.944 bits per heavy atom. The highest BCUT2D eigenvalue weighted by atomic mass is 16.5. The normalized spacial score (nSPS) is 12.6. The van der Waals surface area contributed by atoms with Crippen molar-refractivity contribution in [3.05, 3.63) is 77.9 Å². The average Bonchev–Trinajstić information content (AvgIpc) is 2.90. The summed E-state index contributed by atoms with van der Waals surface area (Å²) in [6, 6.07) is 19.3. The molecule has 0 aromatic heterocycles. The van der Waals surface area contributed by atoms with Gasteiger partial charge in [-0.2, -0.15) is 0 Å². The van der Waals surface area contributed by atoms with E-state index in [9.17, 15) is 14.4 Å².